The predicted molar refractivity (Wildman–Crippen MR) is 43.7 cm³/mol. The van der Waals surface area contributed by atoms with Crippen LogP contribution in [0.4, 0.5) is 5.82 Å². The highest BCUT2D eigenvalue weighted by Gasteiger charge is 2.21. The number of nitrogens with zero attached hydrogens (tertiary/aromatic N) is 2. The summed E-state index contributed by atoms with van der Waals surface area (Å²) in [5.74, 6) is 0.754. The van der Waals surface area contributed by atoms with Crippen LogP contribution in [-0.4, -0.2) is 16.0 Å². The zero-order chi connectivity index (χ0) is 7.68. The first kappa shape index (κ1) is 6.85. The van der Waals surface area contributed by atoms with E-state index in [9.17, 15) is 0 Å². The van der Waals surface area contributed by atoms with Gasteiger partial charge in [-0.1, -0.05) is 11.6 Å². The molecule has 0 bridgehead atoms. The molecule has 4 heteroatoms. The molecule has 0 amide bonds. The first-order chi connectivity index (χ1) is 5.36. The van der Waals surface area contributed by atoms with Crippen LogP contribution in [0.15, 0.2) is 12.5 Å². The molecule has 0 radical (unpaired) electrons. The third-order valence-corrected chi connectivity index (χ3v) is 1.86. The van der Waals surface area contributed by atoms with Gasteiger partial charge in [0.05, 0.1) is 6.20 Å². The van der Waals surface area contributed by atoms with Crippen molar-refractivity contribution in [3.63, 3.8) is 0 Å². The molecule has 0 spiro atoms. The number of hydrogen-bond donors (Lipinski definition) is 1. The second-order valence-corrected chi connectivity index (χ2v) is 3.05. The van der Waals surface area contributed by atoms with Crippen LogP contribution in [0.1, 0.15) is 12.8 Å². The van der Waals surface area contributed by atoms with Crippen LogP contribution in [-0.2, 0) is 0 Å². The zero-order valence-corrected chi connectivity index (χ0v) is 6.67. The molecule has 11 heavy (non-hydrogen) atoms. The van der Waals surface area contributed by atoms with Gasteiger partial charge in [-0.25, -0.2) is 9.97 Å². The van der Waals surface area contributed by atoms with E-state index in [-0.39, 0.29) is 0 Å². The molecule has 1 aromatic heterocycles. The Morgan fingerprint density at radius 1 is 1.55 bits per heavy atom. The highest BCUT2D eigenvalue weighted by atomic mass is 35.5. The maximum absolute atomic E-state index is 5.81. The number of halogens is 1. The number of rotatable bonds is 2. The van der Waals surface area contributed by atoms with Gasteiger partial charge < -0.3 is 5.32 Å². The fourth-order valence-electron chi connectivity index (χ4n) is 0.840. The molecule has 2 rings (SSSR count). The molecule has 1 saturated carbocycles. The average Bonchev–Trinajstić information content (AvgIpc) is 2.78. The quantitative estimate of drug-likeness (QED) is 0.733. The van der Waals surface area contributed by atoms with E-state index in [1.54, 1.807) is 6.20 Å². The van der Waals surface area contributed by atoms with Crippen LogP contribution in [0.3, 0.4) is 0 Å². The third kappa shape index (κ3) is 1.60. The van der Waals surface area contributed by atoms with Crippen molar-refractivity contribution in [1.29, 1.82) is 0 Å². The molecule has 0 unspecified atom stereocenters. The Balaban J connectivity index is 2.15. The van der Waals surface area contributed by atoms with Crippen LogP contribution >= 0.6 is 11.6 Å². The second kappa shape index (κ2) is 2.66. The minimum absolute atomic E-state index is 0.586. The van der Waals surface area contributed by atoms with E-state index in [1.165, 1.54) is 19.2 Å². The topological polar surface area (TPSA) is 37.8 Å². The normalized spacial score (nSPS) is 16.5. The molecule has 0 saturated heterocycles. The van der Waals surface area contributed by atoms with E-state index in [1.807, 2.05) is 0 Å². The molecule has 58 valence electrons. The molecule has 0 aromatic carbocycles. The molecule has 0 atom stereocenters. The summed E-state index contributed by atoms with van der Waals surface area (Å²) in [5.41, 5.74) is 0. The van der Waals surface area contributed by atoms with Crippen molar-refractivity contribution in [3.8, 4) is 0 Å². The van der Waals surface area contributed by atoms with Crippen molar-refractivity contribution in [1.82, 2.24) is 9.97 Å². The van der Waals surface area contributed by atoms with Crippen LogP contribution in [0, 0.1) is 0 Å². The van der Waals surface area contributed by atoms with Gasteiger partial charge >= 0.3 is 0 Å². The van der Waals surface area contributed by atoms with Crippen molar-refractivity contribution in [3.05, 3.63) is 17.5 Å². The van der Waals surface area contributed by atoms with Gasteiger partial charge in [0.15, 0.2) is 0 Å². The molecule has 1 heterocycles. The van der Waals surface area contributed by atoms with E-state index >= 15 is 0 Å². The molecule has 1 aliphatic carbocycles. The summed E-state index contributed by atoms with van der Waals surface area (Å²) >= 11 is 5.81. The lowest BCUT2D eigenvalue weighted by Gasteiger charge is -2.02. The van der Waals surface area contributed by atoms with Gasteiger partial charge in [0.1, 0.15) is 17.2 Å². The third-order valence-electron chi connectivity index (χ3n) is 1.59. The lowest BCUT2D eigenvalue weighted by molar-refractivity contribution is 1.08. The van der Waals surface area contributed by atoms with Crippen molar-refractivity contribution < 1.29 is 0 Å². The van der Waals surface area contributed by atoms with E-state index in [0.717, 1.165) is 5.82 Å². The number of hydrogen-bond acceptors (Lipinski definition) is 3. The highest BCUT2D eigenvalue weighted by Crippen LogP contribution is 2.26. The SMILES string of the molecule is Clc1cncnc1NC1CC1. The average molecular weight is 170 g/mol. The fraction of sp³-hybridized carbons (Fsp3) is 0.429. The summed E-state index contributed by atoms with van der Waals surface area (Å²) in [6.45, 7) is 0. The van der Waals surface area contributed by atoms with E-state index in [2.05, 4.69) is 15.3 Å². The summed E-state index contributed by atoms with van der Waals surface area (Å²) in [6, 6.07) is 0.586. The van der Waals surface area contributed by atoms with E-state index < -0.39 is 0 Å². The Kier molecular flexibility index (Phi) is 1.66. The minimum Gasteiger partial charge on any atom is -0.366 e. The monoisotopic (exact) mass is 169 g/mol. The van der Waals surface area contributed by atoms with Gasteiger partial charge in [-0.05, 0) is 12.8 Å². The van der Waals surface area contributed by atoms with Crippen molar-refractivity contribution >= 4 is 17.4 Å². The molecular formula is C7H8ClN3. The Hall–Kier alpha value is -0.830. The lowest BCUT2D eigenvalue weighted by Crippen LogP contribution is -2.03. The maximum atomic E-state index is 5.81. The Morgan fingerprint density at radius 3 is 3.00 bits per heavy atom. The van der Waals surface area contributed by atoms with Crippen molar-refractivity contribution in [2.24, 2.45) is 0 Å². The summed E-state index contributed by atoms with van der Waals surface area (Å²) in [5, 5.41) is 3.80. The van der Waals surface area contributed by atoms with Crippen LogP contribution in [0.5, 0.6) is 0 Å². The summed E-state index contributed by atoms with van der Waals surface area (Å²) < 4.78 is 0. The molecule has 1 fully saturated rings. The largest absolute Gasteiger partial charge is 0.366 e. The zero-order valence-electron chi connectivity index (χ0n) is 5.92. The van der Waals surface area contributed by atoms with Crippen LogP contribution < -0.4 is 5.32 Å². The Morgan fingerprint density at radius 2 is 2.36 bits per heavy atom. The van der Waals surface area contributed by atoms with Gasteiger partial charge in [0.2, 0.25) is 0 Å². The van der Waals surface area contributed by atoms with Gasteiger partial charge in [-0.2, -0.15) is 0 Å². The Labute approximate surface area is 69.8 Å². The molecule has 0 aliphatic heterocycles. The Bertz CT molecular complexity index is 260. The summed E-state index contributed by atoms with van der Waals surface area (Å²) in [7, 11) is 0. The molecule has 1 aromatic rings. The molecular weight excluding hydrogens is 162 g/mol. The predicted octanol–water partition coefficient (Wildman–Crippen LogP) is 1.70. The minimum atomic E-state index is 0.586. The maximum Gasteiger partial charge on any atom is 0.148 e. The standard InChI is InChI=1S/C7H8ClN3/c8-6-3-9-4-10-7(6)11-5-1-2-5/h3-5H,1-2H2,(H,9,10,11). The smallest absolute Gasteiger partial charge is 0.148 e. The number of aromatic nitrogens is 2. The summed E-state index contributed by atoms with van der Waals surface area (Å²) in [6.07, 6.45) is 5.54. The fourth-order valence-corrected chi connectivity index (χ4v) is 1.000. The van der Waals surface area contributed by atoms with Gasteiger partial charge in [0.25, 0.3) is 0 Å². The number of anilines is 1. The second-order valence-electron chi connectivity index (χ2n) is 2.64. The first-order valence-electron chi connectivity index (χ1n) is 3.58. The van der Waals surface area contributed by atoms with Crippen LogP contribution in [0.2, 0.25) is 5.02 Å². The summed E-state index contributed by atoms with van der Waals surface area (Å²) in [4.78, 5) is 7.79. The molecule has 3 nitrogen and oxygen atoms in total. The van der Waals surface area contributed by atoms with Gasteiger partial charge in [0, 0.05) is 6.04 Å². The van der Waals surface area contributed by atoms with Crippen molar-refractivity contribution in [2.75, 3.05) is 5.32 Å². The van der Waals surface area contributed by atoms with Crippen molar-refractivity contribution in [2.45, 2.75) is 18.9 Å². The van der Waals surface area contributed by atoms with Gasteiger partial charge in [-0.15, -0.1) is 0 Å². The first-order valence-corrected chi connectivity index (χ1v) is 3.96. The highest BCUT2D eigenvalue weighted by molar-refractivity contribution is 6.32. The molecule has 1 N–H and O–H groups in total. The lowest BCUT2D eigenvalue weighted by atomic mass is 10.5. The number of nitrogens with one attached hydrogen (secondary N) is 1. The van der Waals surface area contributed by atoms with E-state index in [0.29, 0.717) is 11.1 Å². The van der Waals surface area contributed by atoms with Gasteiger partial charge in [-0.3, -0.25) is 0 Å². The van der Waals surface area contributed by atoms with Crippen LogP contribution in [0.25, 0.3) is 0 Å². The molecule has 1 aliphatic rings. The van der Waals surface area contributed by atoms with E-state index in [4.69, 9.17) is 11.6 Å².